The molecule has 2 nitrogen and oxygen atoms in total. The van der Waals surface area contributed by atoms with Gasteiger partial charge in [-0.2, -0.15) is 0 Å². The van der Waals surface area contributed by atoms with Gasteiger partial charge in [0.2, 0.25) is 0 Å². The summed E-state index contributed by atoms with van der Waals surface area (Å²) in [5, 5.41) is 0. The molecule has 2 aromatic heterocycles. The fraction of sp³-hybridized carbons (Fsp3) is 0.467. The number of nitrogens with two attached hydrogens (primary N) is 1. The van der Waals surface area contributed by atoms with Crippen molar-refractivity contribution in [1.82, 2.24) is 4.40 Å². The van der Waals surface area contributed by atoms with Gasteiger partial charge in [-0.05, 0) is 37.1 Å². The van der Waals surface area contributed by atoms with Crippen LogP contribution in [0, 0.1) is 0 Å². The smallest absolute Gasteiger partial charge is 0.0450 e. The molecule has 96 valence electrons. The monoisotopic (exact) mass is 234 g/mol. The minimum Gasteiger partial charge on any atom is -0.328 e. The van der Waals surface area contributed by atoms with Gasteiger partial charge in [0.1, 0.15) is 0 Å². The van der Waals surface area contributed by atoms with Gasteiger partial charge in [-0.25, -0.2) is 0 Å². The summed E-state index contributed by atoms with van der Waals surface area (Å²) in [6.45, 7) is 10.0. The van der Waals surface area contributed by atoms with Crippen molar-refractivity contribution >= 4 is 5.52 Å². The largest absolute Gasteiger partial charge is 0.328 e. The topological polar surface area (TPSA) is 30.4 Å². The van der Waals surface area contributed by atoms with E-state index in [9.17, 15) is 0 Å². The van der Waals surface area contributed by atoms with Crippen LogP contribution in [-0.2, 0) is 6.42 Å². The summed E-state index contributed by atoms with van der Waals surface area (Å²) in [4.78, 5) is 0. The Kier molecular flexibility index (Phi) is 8.16. The Morgan fingerprint density at radius 3 is 2.35 bits per heavy atom. The Bertz CT molecular complexity index is 402. The first-order valence-corrected chi connectivity index (χ1v) is 6.57. The van der Waals surface area contributed by atoms with Gasteiger partial charge in [0.15, 0.2) is 0 Å². The number of fused-ring (bicyclic) bond motifs is 1. The first-order valence-electron chi connectivity index (χ1n) is 6.57. The highest BCUT2D eigenvalue weighted by Crippen LogP contribution is 2.08. The number of hydrogen-bond donors (Lipinski definition) is 1. The third-order valence-electron chi connectivity index (χ3n) is 2.14. The lowest BCUT2D eigenvalue weighted by Gasteiger charge is -2.05. The summed E-state index contributed by atoms with van der Waals surface area (Å²) in [5.41, 5.74) is 8.26. The third kappa shape index (κ3) is 5.05. The molecule has 2 heterocycles. The lowest BCUT2D eigenvalue weighted by atomic mass is 10.1. The molecule has 0 aliphatic carbocycles. The van der Waals surface area contributed by atoms with Gasteiger partial charge in [-0.1, -0.05) is 33.8 Å². The standard InChI is InChI=1S/C11H14N2.2C2H6/c1-9(12)7-10-4-5-11-3-2-6-13(11)8-10;2*1-2/h2-6,8-9H,7,12H2,1H3;2*1-2H3. The Morgan fingerprint density at radius 1 is 1.12 bits per heavy atom. The summed E-state index contributed by atoms with van der Waals surface area (Å²) >= 11 is 0. The molecule has 2 N–H and O–H groups in total. The normalized spacial score (nSPS) is 10.9. The van der Waals surface area contributed by atoms with E-state index in [0.717, 1.165) is 6.42 Å². The van der Waals surface area contributed by atoms with Crippen LogP contribution in [0.3, 0.4) is 0 Å². The van der Waals surface area contributed by atoms with Crippen molar-refractivity contribution in [2.45, 2.75) is 47.1 Å². The Labute approximate surface area is 105 Å². The zero-order chi connectivity index (χ0) is 13.3. The maximum absolute atomic E-state index is 5.73. The molecule has 0 saturated heterocycles. The molecule has 0 radical (unpaired) electrons. The first-order chi connectivity index (χ1) is 8.25. The summed E-state index contributed by atoms with van der Waals surface area (Å²) < 4.78 is 2.12. The molecule has 0 aromatic carbocycles. The minimum atomic E-state index is 0.230. The SMILES string of the molecule is CC.CC.CC(N)Cc1ccc2cccn2c1. The Morgan fingerprint density at radius 2 is 1.76 bits per heavy atom. The molecule has 1 atom stereocenters. The van der Waals surface area contributed by atoms with Crippen molar-refractivity contribution in [3.63, 3.8) is 0 Å². The molecule has 0 amide bonds. The highest BCUT2D eigenvalue weighted by atomic mass is 14.8. The summed E-state index contributed by atoms with van der Waals surface area (Å²) in [5.74, 6) is 0. The molecule has 17 heavy (non-hydrogen) atoms. The van der Waals surface area contributed by atoms with E-state index in [1.807, 2.05) is 40.7 Å². The van der Waals surface area contributed by atoms with E-state index in [-0.39, 0.29) is 6.04 Å². The van der Waals surface area contributed by atoms with E-state index in [2.05, 4.69) is 35.0 Å². The average molecular weight is 234 g/mol. The van der Waals surface area contributed by atoms with Gasteiger partial charge in [0.25, 0.3) is 0 Å². The van der Waals surface area contributed by atoms with Gasteiger partial charge in [0, 0.05) is 24.0 Å². The van der Waals surface area contributed by atoms with E-state index in [1.165, 1.54) is 11.1 Å². The van der Waals surface area contributed by atoms with Crippen molar-refractivity contribution in [3.8, 4) is 0 Å². The van der Waals surface area contributed by atoms with Crippen LogP contribution in [0.25, 0.3) is 5.52 Å². The second-order valence-corrected chi connectivity index (χ2v) is 3.56. The van der Waals surface area contributed by atoms with Gasteiger partial charge in [-0.3, -0.25) is 0 Å². The molecule has 0 fully saturated rings. The molecule has 0 aliphatic heterocycles. The molecule has 0 aliphatic rings. The Balaban J connectivity index is 0.000000581. The van der Waals surface area contributed by atoms with Crippen LogP contribution in [0.15, 0.2) is 36.7 Å². The quantitative estimate of drug-likeness (QED) is 0.839. The second-order valence-electron chi connectivity index (χ2n) is 3.56. The van der Waals surface area contributed by atoms with Crippen LogP contribution >= 0.6 is 0 Å². The van der Waals surface area contributed by atoms with Crippen LogP contribution < -0.4 is 5.73 Å². The molecule has 2 aromatic rings. The third-order valence-corrected chi connectivity index (χ3v) is 2.14. The highest BCUT2D eigenvalue weighted by Gasteiger charge is 1.98. The number of rotatable bonds is 2. The summed E-state index contributed by atoms with van der Waals surface area (Å²) in [7, 11) is 0. The molecule has 2 heteroatoms. The molecule has 1 unspecified atom stereocenters. The zero-order valence-electron chi connectivity index (χ0n) is 11.8. The first kappa shape index (κ1) is 15.7. The van der Waals surface area contributed by atoms with Crippen molar-refractivity contribution in [1.29, 1.82) is 0 Å². The predicted molar refractivity (Wildman–Crippen MR) is 77.4 cm³/mol. The zero-order valence-corrected chi connectivity index (χ0v) is 11.8. The van der Waals surface area contributed by atoms with E-state index < -0.39 is 0 Å². The molecular weight excluding hydrogens is 208 g/mol. The van der Waals surface area contributed by atoms with Crippen molar-refractivity contribution in [2.75, 3.05) is 0 Å². The van der Waals surface area contributed by atoms with Crippen molar-refractivity contribution in [2.24, 2.45) is 5.73 Å². The van der Waals surface area contributed by atoms with E-state index in [0.29, 0.717) is 0 Å². The predicted octanol–water partition coefficient (Wildman–Crippen LogP) is 3.88. The number of hydrogen-bond acceptors (Lipinski definition) is 1. The van der Waals surface area contributed by atoms with E-state index >= 15 is 0 Å². The second kappa shape index (κ2) is 8.82. The van der Waals surface area contributed by atoms with Gasteiger partial charge < -0.3 is 10.1 Å². The maximum Gasteiger partial charge on any atom is 0.0450 e. The lowest BCUT2D eigenvalue weighted by Crippen LogP contribution is -2.17. The highest BCUT2D eigenvalue weighted by molar-refractivity contribution is 5.48. The lowest BCUT2D eigenvalue weighted by molar-refractivity contribution is 0.735. The van der Waals surface area contributed by atoms with Crippen LogP contribution in [0.1, 0.15) is 40.2 Å². The molecule has 2 rings (SSSR count). The minimum absolute atomic E-state index is 0.230. The molecule has 0 saturated carbocycles. The van der Waals surface area contributed by atoms with Crippen LogP contribution in [-0.4, -0.2) is 10.4 Å². The van der Waals surface area contributed by atoms with Crippen LogP contribution in [0.2, 0.25) is 0 Å². The number of pyridine rings is 1. The summed E-state index contributed by atoms with van der Waals surface area (Å²) in [6, 6.07) is 8.63. The van der Waals surface area contributed by atoms with Gasteiger partial charge >= 0.3 is 0 Å². The van der Waals surface area contributed by atoms with Gasteiger partial charge in [0.05, 0.1) is 0 Å². The molecule has 0 spiro atoms. The van der Waals surface area contributed by atoms with Crippen molar-refractivity contribution in [3.05, 3.63) is 42.2 Å². The number of nitrogens with zero attached hydrogens (tertiary/aromatic N) is 1. The number of aromatic nitrogens is 1. The van der Waals surface area contributed by atoms with Crippen LogP contribution in [0.4, 0.5) is 0 Å². The van der Waals surface area contributed by atoms with E-state index in [1.54, 1.807) is 0 Å². The van der Waals surface area contributed by atoms with Crippen molar-refractivity contribution < 1.29 is 0 Å². The van der Waals surface area contributed by atoms with Crippen LogP contribution in [0.5, 0.6) is 0 Å². The van der Waals surface area contributed by atoms with E-state index in [4.69, 9.17) is 5.73 Å². The fourth-order valence-electron chi connectivity index (χ4n) is 1.57. The van der Waals surface area contributed by atoms with Gasteiger partial charge in [-0.15, -0.1) is 0 Å². The average Bonchev–Trinajstić information content (AvgIpc) is 2.81. The maximum atomic E-state index is 5.73. The molecular formula is C15H26N2. The fourth-order valence-corrected chi connectivity index (χ4v) is 1.57. The summed E-state index contributed by atoms with van der Waals surface area (Å²) in [6.07, 6.45) is 5.13. The molecule has 0 bridgehead atoms. The Hall–Kier alpha value is -1.28.